The van der Waals surface area contributed by atoms with E-state index in [9.17, 15) is 23.1 Å². The molecule has 1 aromatic heterocycles. The molecule has 0 fully saturated rings. The number of rotatable bonds is 5. The second kappa shape index (κ2) is 6.41. The first kappa shape index (κ1) is 17.0. The maximum atomic E-state index is 13.3. The summed E-state index contributed by atoms with van der Waals surface area (Å²) in [5.74, 6) is -0.259. The Morgan fingerprint density at radius 1 is 1.30 bits per heavy atom. The minimum absolute atomic E-state index is 0.0299. The van der Waals surface area contributed by atoms with Crippen LogP contribution in [-0.4, -0.2) is 28.9 Å². The second-order valence-corrected chi connectivity index (χ2v) is 5.05. The van der Waals surface area contributed by atoms with Crippen LogP contribution < -0.4 is 5.32 Å². The zero-order valence-corrected chi connectivity index (χ0v) is 12.2. The van der Waals surface area contributed by atoms with Crippen molar-refractivity contribution in [3.05, 3.63) is 53.4 Å². The molecule has 1 amide bonds. The lowest BCUT2D eigenvalue weighted by Crippen LogP contribution is -2.45. The maximum Gasteiger partial charge on any atom is 0.421 e. The summed E-state index contributed by atoms with van der Waals surface area (Å²) in [5, 5.41) is 15.9. The molecule has 124 valence electrons. The molecule has 2 N–H and O–H groups in total. The number of benzene rings is 1. The van der Waals surface area contributed by atoms with E-state index in [0.717, 1.165) is 0 Å². The first-order valence-corrected chi connectivity index (χ1v) is 6.80. The molecule has 0 saturated heterocycles. The van der Waals surface area contributed by atoms with E-state index in [0.29, 0.717) is 5.76 Å². The molecule has 1 heterocycles. The lowest BCUT2D eigenvalue weighted by molar-refractivity contribution is -0.268. The third kappa shape index (κ3) is 3.70. The molecular weight excluding hydrogens is 313 g/mol. The van der Waals surface area contributed by atoms with E-state index in [4.69, 9.17) is 4.52 Å². The van der Waals surface area contributed by atoms with Crippen LogP contribution in [0.25, 0.3) is 0 Å². The van der Waals surface area contributed by atoms with Gasteiger partial charge in [-0.25, -0.2) is 0 Å². The Balaban J connectivity index is 2.07. The highest BCUT2D eigenvalue weighted by atomic mass is 19.4. The van der Waals surface area contributed by atoms with Gasteiger partial charge in [0.2, 0.25) is 0 Å². The number of nitrogens with zero attached hydrogens (tertiary/aromatic N) is 1. The Hall–Kier alpha value is -2.35. The number of hydrogen-bond acceptors (Lipinski definition) is 4. The van der Waals surface area contributed by atoms with E-state index >= 15 is 0 Å². The number of hydrogen-bond donors (Lipinski definition) is 2. The van der Waals surface area contributed by atoms with Crippen molar-refractivity contribution in [2.24, 2.45) is 0 Å². The molecule has 2 rings (SSSR count). The Morgan fingerprint density at radius 3 is 2.48 bits per heavy atom. The van der Waals surface area contributed by atoms with Gasteiger partial charge >= 0.3 is 6.18 Å². The van der Waals surface area contributed by atoms with Crippen LogP contribution >= 0.6 is 0 Å². The number of alkyl halides is 3. The molecule has 0 saturated carbocycles. The molecule has 0 spiro atoms. The molecule has 0 radical (unpaired) electrons. The number of aliphatic hydroxyl groups is 1. The molecule has 1 aromatic carbocycles. The molecule has 0 aliphatic rings. The Bertz CT molecular complexity index is 670. The second-order valence-electron chi connectivity index (χ2n) is 5.05. The predicted octanol–water partition coefficient (Wildman–Crippen LogP) is 2.55. The Morgan fingerprint density at radius 2 is 1.96 bits per heavy atom. The average molecular weight is 328 g/mol. The minimum atomic E-state index is -4.87. The van der Waals surface area contributed by atoms with Crippen LogP contribution in [0.4, 0.5) is 13.2 Å². The first-order chi connectivity index (χ1) is 10.7. The highest BCUT2D eigenvalue weighted by molar-refractivity contribution is 5.92. The van der Waals surface area contributed by atoms with Crippen LogP contribution in [0.3, 0.4) is 0 Å². The van der Waals surface area contributed by atoms with Crippen molar-refractivity contribution < 1.29 is 27.6 Å². The third-order valence-electron chi connectivity index (χ3n) is 3.35. The smallest absolute Gasteiger partial charge is 0.376 e. The fraction of sp³-hybridized carbons (Fsp3) is 0.333. The van der Waals surface area contributed by atoms with Crippen LogP contribution in [-0.2, 0) is 5.60 Å². The highest BCUT2D eigenvalue weighted by Crippen LogP contribution is 2.41. The number of aryl methyl sites for hydroxylation is 1. The Kier molecular flexibility index (Phi) is 4.74. The third-order valence-corrected chi connectivity index (χ3v) is 3.35. The van der Waals surface area contributed by atoms with E-state index in [-0.39, 0.29) is 17.8 Å². The molecule has 0 aliphatic carbocycles. The molecule has 0 aliphatic heterocycles. The SMILES string of the molecule is Cc1cc(C(=O)NCC[C@@](O)(c2ccccc2)C(F)(F)F)no1. The largest absolute Gasteiger partial charge is 0.421 e. The summed E-state index contributed by atoms with van der Waals surface area (Å²) >= 11 is 0. The van der Waals surface area contributed by atoms with E-state index in [1.165, 1.54) is 30.3 Å². The van der Waals surface area contributed by atoms with E-state index < -0.39 is 24.1 Å². The lowest BCUT2D eigenvalue weighted by Gasteiger charge is -2.31. The van der Waals surface area contributed by atoms with Crippen LogP contribution in [0, 0.1) is 6.92 Å². The maximum absolute atomic E-state index is 13.3. The van der Waals surface area contributed by atoms with E-state index in [2.05, 4.69) is 10.5 Å². The zero-order chi connectivity index (χ0) is 17.1. The highest BCUT2D eigenvalue weighted by Gasteiger charge is 2.54. The van der Waals surface area contributed by atoms with Crippen molar-refractivity contribution in [3.8, 4) is 0 Å². The summed E-state index contributed by atoms with van der Waals surface area (Å²) in [6.07, 6.45) is -5.59. The quantitative estimate of drug-likeness (QED) is 0.884. The molecular formula is C15H15F3N2O3. The Labute approximate surface area is 130 Å². The summed E-state index contributed by atoms with van der Waals surface area (Å²) in [6.45, 7) is 1.21. The lowest BCUT2D eigenvalue weighted by atomic mass is 9.89. The molecule has 1 atom stereocenters. The van der Waals surface area contributed by atoms with Crippen molar-refractivity contribution in [1.82, 2.24) is 10.5 Å². The number of nitrogens with one attached hydrogen (secondary N) is 1. The molecule has 5 nitrogen and oxygen atoms in total. The van der Waals surface area contributed by atoms with Gasteiger partial charge in [0.15, 0.2) is 11.3 Å². The van der Waals surface area contributed by atoms with Crippen molar-refractivity contribution >= 4 is 5.91 Å². The molecule has 0 bridgehead atoms. The van der Waals surface area contributed by atoms with Crippen LogP contribution in [0.15, 0.2) is 40.9 Å². The van der Waals surface area contributed by atoms with Crippen molar-refractivity contribution in [2.75, 3.05) is 6.54 Å². The fourth-order valence-electron chi connectivity index (χ4n) is 2.08. The van der Waals surface area contributed by atoms with Gasteiger partial charge in [-0.1, -0.05) is 35.5 Å². The monoisotopic (exact) mass is 328 g/mol. The first-order valence-electron chi connectivity index (χ1n) is 6.80. The number of carbonyl (C=O) groups is 1. The number of halogens is 3. The van der Waals surface area contributed by atoms with Gasteiger partial charge in [0, 0.05) is 19.0 Å². The summed E-state index contributed by atoms with van der Waals surface area (Å²) in [7, 11) is 0. The summed E-state index contributed by atoms with van der Waals surface area (Å²) in [6, 6.07) is 8.11. The summed E-state index contributed by atoms with van der Waals surface area (Å²) in [5.41, 5.74) is -3.35. The van der Waals surface area contributed by atoms with Crippen molar-refractivity contribution in [1.29, 1.82) is 0 Å². The van der Waals surface area contributed by atoms with E-state index in [1.807, 2.05) is 0 Å². The van der Waals surface area contributed by atoms with Crippen molar-refractivity contribution in [3.63, 3.8) is 0 Å². The van der Waals surface area contributed by atoms with Crippen molar-refractivity contribution in [2.45, 2.75) is 25.1 Å². The topological polar surface area (TPSA) is 75.4 Å². The number of aromatic nitrogens is 1. The summed E-state index contributed by atoms with van der Waals surface area (Å²) < 4.78 is 44.5. The van der Waals surface area contributed by atoms with Gasteiger partial charge in [-0.3, -0.25) is 4.79 Å². The van der Waals surface area contributed by atoms with Crippen LogP contribution in [0.2, 0.25) is 0 Å². The van der Waals surface area contributed by atoms with Gasteiger partial charge in [-0.2, -0.15) is 13.2 Å². The van der Waals surface area contributed by atoms with Gasteiger partial charge in [-0.05, 0) is 12.5 Å². The number of amides is 1. The van der Waals surface area contributed by atoms with Gasteiger partial charge in [-0.15, -0.1) is 0 Å². The predicted molar refractivity (Wildman–Crippen MR) is 74.6 cm³/mol. The van der Waals surface area contributed by atoms with Gasteiger partial charge in [0.25, 0.3) is 5.91 Å². The fourth-order valence-corrected chi connectivity index (χ4v) is 2.08. The van der Waals surface area contributed by atoms with Crippen LogP contribution in [0.5, 0.6) is 0 Å². The van der Waals surface area contributed by atoms with Gasteiger partial charge < -0.3 is 14.9 Å². The van der Waals surface area contributed by atoms with Gasteiger partial charge in [0.1, 0.15) is 5.76 Å². The number of carbonyl (C=O) groups excluding carboxylic acids is 1. The average Bonchev–Trinajstić information content (AvgIpc) is 2.93. The minimum Gasteiger partial charge on any atom is -0.376 e. The summed E-state index contributed by atoms with van der Waals surface area (Å²) in [4.78, 5) is 11.7. The van der Waals surface area contributed by atoms with Gasteiger partial charge in [0.05, 0.1) is 0 Å². The molecule has 2 aromatic rings. The van der Waals surface area contributed by atoms with Crippen LogP contribution in [0.1, 0.15) is 28.2 Å². The zero-order valence-electron chi connectivity index (χ0n) is 12.2. The molecule has 0 unspecified atom stereocenters. The standard InChI is InChI=1S/C15H15F3N2O3/c1-10-9-12(20-23-10)13(21)19-8-7-14(22,15(16,17)18)11-5-3-2-4-6-11/h2-6,9,22H,7-8H2,1H3,(H,19,21)/t14-/m1/s1. The normalized spacial score (nSPS) is 14.3. The molecule has 23 heavy (non-hydrogen) atoms. The van der Waals surface area contributed by atoms with E-state index in [1.54, 1.807) is 13.0 Å². The molecule has 8 heteroatoms.